The molecule has 2 N–H and O–H groups in total. The molecule has 0 spiro atoms. The van der Waals surface area contributed by atoms with Gasteiger partial charge >= 0.3 is 0 Å². The van der Waals surface area contributed by atoms with E-state index in [-0.39, 0.29) is 10.9 Å². The largest absolute Gasteiger partial charge is 0.298 e. The average molecular weight is 243 g/mol. The minimum Gasteiger partial charge on any atom is -0.298 e. The van der Waals surface area contributed by atoms with E-state index in [1.165, 1.54) is 24.3 Å². The number of hydrogen-bond donors (Lipinski definition) is 2. The molecule has 0 atom stereocenters. The van der Waals surface area contributed by atoms with Crippen molar-refractivity contribution < 1.29 is 9.18 Å². The first kappa shape index (κ1) is 12.5. The molecule has 1 rings (SSSR count). The van der Waals surface area contributed by atoms with Crippen LogP contribution in [-0.2, 0) is 4.79 Å². The summed E-state index contributed by atoms with van der Waals surface area (Å²) in [6.07, 6.45) is 1.44. The molecule has 3 nitrogen and oxygen atoms in total. The first-order valence-corrected chi connectivity index (χ1v) is 5.03. The number of benzene rings is 1. The number of anilines is 1. The van der Waals surface area contributed by atoms with E-state index < -0.39 is 5.82 Å². The monoisotopic (exact) mass is 242 g/mol. The first-order valence-electron chi connectivity index (χ1n) is 4.65. The second-order valence-electron chi connectivity index (χ2n) is 3.46. The normalized spacial score (nSPS) is 9.50. The minimum absolute atomic E-state index is 0.00135. The van der Waals surface area contributed by atoms with Gasteiger partial charge in [-0.05, 0) is 32.0 Å². The summed E-state index contributed by atoms with van der Waals surface area (Å²) >= 11 is 5.57. The van der Waals surface area contributed by atoms with E-state index in [0.717, 1.165) is 5.57 Å². The van der Waals surface area contributed by atoms with Crippen molar-refractivity contribution in [1.82, 2.24) is 5.43 Å². The quantitative estimate of drug-likeness (QED) is 0.632. The van der Waals surface area contributed by atoms with Crippen molar-refractivity contribution in [3.05, 3.63) is 40.7 Å². The fourth-order valence-corrected chi connectivity index (χ4v) is 1.19. The average Bonchev–Trinajstić information content (AvgIpc) is 2.19. The topological polar surface area (TPSA) is 41.1 Å². The van der Waals surface area contributed by atoms with Gasteiger partial charge in [-0.15, -0.1) is 0 Å². The fourth-order valence-electron chi connectivity index (χ4n) is 1.01. The summed E-state index contributed by atoms with van der Waals surface area (Å²) in [5, 5.41) is 0.00135. The third-order valence-electron chi connectivity index (χ3n) is 1.67. The van der Waals surface area contributed by atoms with Crippen LogP contribution in [0.1, 0.15) is 13.8 Å². The Bertz CT molecular complexity index is 428. The summed E-state index contributed by atoms with van der Waals surface area (Å²) in [6, 6.07) is 4.08. The third kappa shape index (κ3) is 3.90. The molecule has 0 aliphatic rings. The van der Waals surface area contributed by atoms with Crippen LogP contribution in [0.5, 0.6) is 0 Å². The Morgan fingerprint density at radius 1 is 1.44 bits per heavy atom. The van der Waals surface area contributed by atoms with Crippen molar-refractivity contribution in [2.24, 2.45) is 0 Å². The third-order valence-corrected chi connectivity index (χ3v) is 1.96. The molecule has 16 heavy (non-hydrogen) atoms. The molecule has 1 aromatic carbocycles. The Labute approximate surface area is 98.3 Å². The lowest BCUT2D eigenvalue weighted by Gasteiger charge is -2.07. The summed E-state index contributed by atoms with van der Waals surface area (Å²) in [5.41, 5.74) is 6.45. The van der Waals surface area contributed by atoms with Crippen molar-refractivity contribution in [2.75, 3.05) is 5.43 Å². The molecule has 0 heterocycles. The molecule has 0 aromatic heterocycles. The van der Waals surface area contributed by atoms with Crippen LogP contribution in [0, 0.1) is 5.82 Å². The Morgan fingerprint density at radius 2 is 2.12 bits per heavy atom. The first-order chi connectivity index (χ1) is 7.49. The summed E-state index contributed by atoms with van der Waals surface area (Å²) < 4.78 is 12.8. The van der Waals surface area contributed by atoms with Crippen molar-refractivity contribution in [3.8, 4) is 0 Å². The van der Waals surface area contributed by atoms with E-state index in [1.54, 1.807) is 0 Å². The van der Waals surface area contributed by atoms with Crippen LogP contribution in [0.2, 0.25) is 5.02 Å². The van der Waals surface area contributed by atoms with Gasteiger partial charge < -0.3 is 0 Å². The predicted molar refractivity (Wildman–Crippen MR) is 62.6 cm³/mol. The van der Waals surface area contributed by atoms with Gasteiger partial charge in [-0.3, -0.25) is 15.6 Å². The molecule has 1 aromatic rings. The summed E-state index contributed by atoms with van der Waals surface area (Å²) in [4.78, 5) is 11.2. The highest BCUT2D eigenvalue weighted by atomic mass is 35.5. The van der Waals surface area contributed by atoms with E-state index in [1.807, 2.05) is 13.8 Å². The Hall–Kier alpha value is -1.55. The number of halogens is 2. The van der Waals surface area contributed by atoms with Crippen LogP contribution in [0.15, 0.2) is 29.8 Å². The molecule has 0 saturated heterocycles. The highest BCUT2D eigenvalue weighted by Crippen LogP contribution is 2.18. The molecule has 0 unspecified atom stereocenters. The van der Waals surface area contributed by atoms with Gasteiger partial charge in [0.05, 0.1) is 10.7 Å². The Balaban J connectivity index is 2.58. The second kappa shape index (κ2) is 5.51. The minimum atomic E-state index is -0.497. The van der Waals surface area contributed by atoms with Crippen molar-refractivity contribution in [3.63, 3.8) is 0 Å². The van der Waals surface area contributed by atoms with Gasteiger partial charge in [0, 0.05) is 6.08 Å². The standard InChI is InChI=1S/C11H12ClFN2O/c1-7(2)5-11(16)15-14-8-3-4-10(13)9(12)6-8/h3-6,14H,1-2H3,(H,15,16). The zero-order valence-corrected chi connectivity index (χ0v) is 9.73. The van der Waals surface area contributed by atoms with Gasteiger partial charge in [-0.1, -0.05) is 17.2 Å². The molecule has 0 fully saturated rings. The number of allylic oxidation sites excluding steroid dienone is 1. The predicted octanol–water partition coefficient (Wildman–Crippen LogP) is 2.89. The van der Waals surface area contributed by atoms with Gasteiger partial charge in [0.15, 0.2) is 0 Å². The molecule has 0 radical (unpaired) electrons. The molecule has 0 saturated carbocycles. The number of hydrogen-bond acceptors (Lipinski definition) is 2. The molecular weight excluding hydrogens is 231 g/mol. The smallest absolute Gasteiger partial charge is 0.262 e. The van der Waals surface area contributed by atoms with Crippen molar-refractivity contribution in [1.29, 1.82) is 0 Å². The SMILES string of the molecule is CC(C)=CC(=O)NNc1ccc(F)c(Cl)c1. The molecular formula is C11H12ClFN2O. The lowest BCUT2D eigenvalue weighted by atomic mass is 10.3. The molecule has 0 aliphatic carbocycles. The number of carbonyl (C=O) groups excluding carboxylic acids is 1. The lowest BCUT2D eigenvalue weighted by Crippen LogP contribution is -2.27. The highest BCUT2D eigenvalue weighted by Gasteiger charge is 2.01. The maximum atomic E-state index is 12.8. The van der Waals surface area contributed by atoms with Crippen LogP contribution < -0.4 is 10.9 Å². The number of amides is 1. The lowest BCUT2D eigenvalue weighted by molar-refractivity contribution is -0.116. The van der Waals surface area contributed by atoms with E-state index in [9.17, 15) is 9.18 Å². The maximum absolute atomic E-state index is 12.8. The van der Waals surface area contributed by atoms with Crippen LogP contribution in [-0.4, -0.2) is 5.91 Å². The fraction of sp³-hybridized carbons (Fsp3) is 0.182. The number of nitrogens with one attached hydrogen (secondary N) is 2. The van der Waals surface area contributed by atoms with Crippen LogP contribution in [0.25, 0.3) is 0 Å². The summed E-state index contributed by atoms with van der Waals surface area (Å²) in [6.45, 7) is 3.63. The molecule has 5 heteroatoms. The Kier molecular flexibility index (Phi) is 4.31. The van der Waals surface area contributed by atoms with E-state index in [2.05, 4.69) is 10.9 Å². The van der Waals surface area contributed by atoms with E-state index in [4.69, 9.17) is 11.6 Å². The second-order valence-corrected chi connectivity index (χ2v) is 3.87. The maximum Gasteiger partial charge on any atom is 0.262 e. The number of hydrazine groups is 1. The molecule has 86 valence electrons. The van der Waals surface area contributed by atoms with Crippen molar-refractivity contribution in [2.45, 2.75) is 13.8 Å². The van der Waals surface area contributed by atoms with Gasteiger partial charge in [-0.25, -0.2) is 4.39 Å². The van der Waals surface area contributed by atoms with Gasteiger partial charge in [-0.2, -0.15) is 0 Å². The van der Waals surface area contributed by atoms with Gasteiger partial charge in [0.25, 0.3) is 5.91 Å². The molecule has 0 bridgehead atoms. The highest BCUT2D eigenvalue weighted by molar-refractivity contribution is 6.31. The van der Waals surface area contributed by atoms with Gasteiger partial charge in [0.1, 0.15) is 5.82 Å². The number of rotatable bonds is 3. The molecule has 0 aliphatic heterocycles. The Morgan fingerprint density at radius 3 is 2.69 bits per heavy atom. The van der Waals surface area contributed by atoms with Crippen LogP contribution >= 0.6 is 11.6 Å². The van der Waals surface area contributed by atoms with Crippen LogP contribution in [0.4, 0.5) is 10.1 Å². The number of carbonyl (C=O) groups is 1. The van der Waals surface area contributed by atoms with E-state index in [0.29, 0.717) is 5.69 Å². The van der Waals surface area contributed by atoms with Crippen molar-refractivity contribution >= 4 is 23.2 Å². The van der Waals surface area contributed by atoms with E-state index >= 15 is 0 Å². The zero-order chi connectivity index (χ0) is 12.1. The zero-order valence-electron chi connectivity index (χ0n) is 8.97. The van der Waals surface area contributed by atoms with Crippen LogP contribution in [0.3, 0.4) is 0 Å². The van der Waals surface area contributed by atoms with Gasteiger partial charge in [0.2, 0.25) is 0 Å². The molecule has 1 amide bonds. The summed E-state index contributed by atoms with van der Waals surface area (Å²) in [5.74, 6) is -0.775. The summed E-state index contributed by atoms with van der Waals surface area (Å²) in [7, 11) is 0.